The molecule has 214 valence electrons. The van der Waals surface area contributed by atoms with E-state index in [0.717, 1.165) is 21.3 Å². The van der Waals surface area contributed by atoms with Gasteiger partial charge in [0.1, 0.15) is 29.3 Å². The molecule has 3 aromatic carbocycles. The summed E-state index contributed by atoms with van der Waals surface area (Å²) in [5, 5.41) is 10.8. The van der Waals surface area contributed by atoms with Gasteiger partial charge in [-0.1, -0.05) is 54.6 Å². The normalized spacial score (nSPS) is 20.6. The van der Waals surface area contributed by atoms with Crippen LogP contribution in [0, 0.1) is 6.92 Å². The lowest BCUT2D eigenvalue weighted by molar-refractivity contribution is -0.0950. The molecular weight excluding hydrogens is 531 g/mol. The first kappa shape index (κ1) is 28.3. The summed E-state index contributed by atoms with van der Waals surface area (Å²) >= 11 is 0. The molecule has 0 unspecified atom stereocenters. The standard InChI is InChI=1S/C31H31FN2O7/c1-19-17-34(30(37)33-28(19)36)29-26(32)27(35)25(41-29)18-40-31(20-7-5-4-6-8-20,21-9-13-23(38-2)14-10-21)22-11-15-24(39-3)16-12-22/h4-17,25-27,29,35H,18H2,1-3H3,(H,33,36,37)/t25-,26+,27-,29-/m1/s1. The van der Waals surface area contributed by atoms with Crippen molar-refractivity contribution in [1.29, 1.82) is 0 Å². The lowest BCUT2D eigenvalue weighted by atomic mass is 9.80. The molecule has 1 aromatic heterocycles. The van der Waals surface area contributed by atoms with Gasteiger partial charge in [-0.15, -0.1) is 0 Å². The predicted molar refractivity (Wildman–Crippen MR) is 149 cm³/mol. The molecule has 1 aliphatic rings. The molecule has 9 nitrogen and oxygen atoms in total. The largest absolute Gasteiger partial charge is 0.497 e. The zero-order valence-corrected chi connectivity index (χ0v) is 22.8. The van der Waals surface area contributed by atoms with E-state index in [1.807, 2.05) is 78.9 Å². The number of nitrogens with zero attached hydrogens (tertiary/aromatic N) is 1. The van der Waals surface area contributed by atoms with Gasteiger partial charge in [0.25, 0.3) is 5.56 Å². The number of aromatic amines is 1. The van der Waals surface area contributed by atoms with E-state index >= 15 is 4.39 Å². The molecule has 0 saturated carbocycles. The Morgan fingerprint density at radius 3 is 1.98 bits per heavy atom. The first-order valence-corrected chi connectivity index (χ1v) is 13.1. The zero-order valence-electron chi connectivity index (χ0n) is 22.8. The summed E-state index contributed by atoms with van der Waals surface area (Å²) in [5.41, 5.74) is -0.131. The monoisotopic (exact) mass is 562 g/mol. The minimum atomic E-state index is -1.94. The molecule has 4 aromatic rings. The van der Waals surface area contributed by atoms with E-state index in [0.29, 0.717) is 11.5 Å². The number of halogens is 1. The SMILES string of the molecule is COc1ccc(C(OC[C@H]2O[C@@H](n3cc(C)c(=O)[nH]c3=O)[C@@H](F)[C@@H]2O)(c2ccccc2)c2ccc(OC)cc2)cc1. The summed E-state index contributed by atoms with van der Waals surface area (Å²) in [7, 11) is 3.16. The number of H-pyrrole nitrogens is 1. The molecule has 0 aliphatic carbocycles. The van der Waals surface area contributed by atoms with E-state index in [9.17, 15) is 14.7 Å². The number of aliphatic hydroxyl groups is 1. The van der Waals surface area contributed by atoms with Crippen LogP contribution in [0.1, 0.15) is 28.5 Å². The summed E-state index contributed by atoms with van der Waals surface area (Å²) in [6, 6.07) is 24.3. The van der Waals surface area contributed by atoms with Gasteiger partial charge in [0.15, 0.2) is 12.4 Å². The van der Waals surface area contributed by atoms with E-state index < -0.39 is 41.5 Å². The van der Waals surface area contributed by atoms with Gasteiger partial charge in [-0.2, -0.15) is 0 Å². The fourth-order valence-corrected chi connectivity index (χ4v) is 5.12. The molecule has 41 heavy (non-hydrogen) atoms. The Labute approximate surface area is 235 Å². The minimum absolute atomic E-state index is 0.205. The molecule has 4 atom stereocenters. The van der Waals surface area contributed by atoms with Crippen LogP contribution in [0.2, 0.25) is 0 Å². The summed E-state index contributed by atoms with van der Waals surface area (Å²) in [6.07, 6.45) is -4.90. The number of benzene rings is 3. The van der Waals surface area contributed by atoms with Crippen LogP contribution in [0.15, 0.2) is 94.6 Å². The Morgan fingerprint density at radius 2 is 1.44 bits per heavy atom. The quantitative estimate of drug-likeness (QED) is 0.301. The van der Waals surface area contributed by atoms with E-state index in [1.54, 1.807) is 14.2 Å². The van der Waals surface area contributed by atoms with E-state index in [4.69, 9.17) is 18.9 Å². The number of aliphatic hydroxyl groups excluding tert-OH is 1. The van der Waals surface area contributed by atoms with E-state index in [1.165, 1.54) is 13.1 Å². The van der Waals surface area contributed by atoms with Crippen molar-refractivity contribution in [1.82, 2.24) is 9.55 Å². The first-order valence-electron chi connectivity index (χ1n) is 13.1. The third kappa shape index (κ3) is 5.29. The Bertz CT molecular complexity index is 1540. The molecule has 5 rings (SSSR count). The number of nitrogens with one attached hydrogen (secondary N) is 1. The van der Waals surface area contributed by atoms with Crippen LogP contribution in [-0.4, -0.2) is 53.9 Å². The molecule has 2 heterocycles. The zero-order chi connectivity index (χ0) is 29.1. The third-order valence-electron chi connectivity index (χ3n) is 7.35. The van der Waals surface area contributed by atoms with Gasteiger partial charge in [-0.05, 0) is 47.9 Å². The first-order chi connectivity index (χ1) is 19.8. The van der Waals surface area contributed by atoms with Crippen molar-refractivity contribution in [2.45, 2.75) is 37.1 Å². The van der Waals surface area contributed by atoms with Gasteiger partial charge in [0.2, 0.25) is 0 Å². The molecule has 0 radical (unpaired) electrons. The average molecular weight is 563 g/mol. The highest BCUT2D eigenvalue weighted by Crippen LogP contribution is 2.43. The van der Waals surface area contributed by atoms with Crippen LogP contribution in [-0.2, 0) is 15.1 Å². The van der Waals surface area contributed by atoms with Crippen LogP contribution in [0.25, 0.3) is 0 Å². The van der Waals surface area contributed by atoms with Gasteiger partial charge in [0, 0.05) is 11.8 Å². The molecule has 10 heteroatoms. The van der Waals surface area contributed by atoms with Gasteiger partial charge in [-0.25, -0.2) is 9.18 Å². The fourth-order valence-electron chi connectivity index (χ4n) is 5.12. The van der Waals surface area contributed by atoms with Gasteiger partial charge >= 0.3 is 5.69 Å². The highest BCUT2D eigenvalue weighted by atomic mass is 19.1. The summed E-state index contributed by atoms with van der Waals surface area (Å²) < 4.78 is 39.6. The van der Waals surface area contributed by atoms with Crippen molar-refractivity contribution in [3.8, 4) is 11.5 Å². The number of methoxy groups -OCH3 is 2. The van der Waals surface area contributed by atoms with Crippen LogP contribution in [0.3, 0.4) is 0 Å². The molecular formula is C31H31FN2O7. The highest BCUT2D eigenvalue weighted by molar-refractivity contribution is 5.49. The van der Waals surface area contributed by atoms with E-state index in [-0.39, 0.29) is 12.2 Å². The molecule has 1 fully saturated rings. The maximum absolute atomic E-state index is 15.4. The molecule has 1 saturated heterocycles. The minimum Gasteiger partial charge on any atom is -0.497 e. The second kappa shape index (κ2) is 11.7. The number of ether oxygens (including phenoxy) is 4. The van der Waals surface area contributed by atoms with Crippen molar-refractivity contribution < 1.29 is 28.4 Å². The maximum atomic E-state index is 15.4. The van der Waals surface area contributed by atoms with Gasteiger partial charge in [0.05, 0.1) is 20.8 Å². The van der Waals surface area contributed by atoms with Crippen molar-refractivity contribution in [2.24, 2.45) is 0 Å². The number of hydrogen-bond acceptors (Lipinski definition) is 7. The van der Waals surface area contributed by atoms with Crippen molar-refractivity contribution in [3.05, 3.63) is 128 Å². The average Bonchev–Trinajstić information content (AvgIpc) is 3.29. The molecule has 0 spiro atoms. The summed E-state index contributed by atoms with van der Waals surface area (Å²) in [4.78, 5) is 26.4. The number of alkyl halides is 1. The number of aryl methyl sites for hydroxylation is 1. The van der Waals surface area contributed by atoms with Crippen LogP contribution < -0.4 is 20.7 Å². The smallest absolute Gasteiger partial charge is 0.330 e. The second-order valence-electron chi connectivity index (χ2n) is 9.79. The third-order valence-corrected chi connectivity index (χ3v) is 7.35. The van der Waals surface area contributed by atoms with Crippen molar-refractivity contribution >= 4 is 0 Å². The Kier molecular flexibility index (Phi) is 8.07. The van der Waals surface area contributed by atoms with E-state index in [2.05, 4.69) is 4.98 Å². The second-order valence-corrected chi connectivity index (χ2v) is 9.79. The van der Waals surface area contributed by atoms with Gasteiger partial charge in [-0.3, -0.25) is 14.3 Å². The van der Waals surface area contributed by atoms with Crippen LogP contribution >= 0.6 is 0 Å². The Hall–Kier alpha value is -4.25. The number of hydrogen-bond donors (Lipinski definition) is 2. The van der Waals surface area contributed by atoms with Crippen molar-refractivity contribution in [3.63, 3.8) is 0 Å². The van der Waals surface area contributed by atoms with Crippen LogP contribution in [0.4, 0.5) is 4.39 Å². The highest BCUT2D eigenvalue weighted by Gasteiger charge is 2.47. The molecule has 2 N–H and O–H groups in total. The topological polar surface area (TPSA) is 112 Å². The maximum Gasteiger partial charge on any atom is 0.330 e. The lowest BCUT2D eigenvalue weighted by Crippen LogP contribution is -2.39. The van der Waals surface area contributed by atoms with Crippen molar-refractivity contribution in [2.75, 3.05) is 20.8 Å². The molecule has 1 aliphatic heterocycles. The van der Waals surface area contributed by atoms with Gasteiger partial charge < -0.3 is 24.1 Å². The Balaban J connectivity index is 1.56. The predicted octanol–water partition coefficient (Wildman–Crippen LogP) is 3.47. The summed E-state index contributed by atoms with van der Waals surface area (Å²) in [6.45, 7) is 1.26. The number of rotatable bonds is 9. The molecule has 0 bridgehead atoms. The summed E-state index contributed by atoms with van der Waals surface area (Å²) in [5.74, 6) is 1.31. The fraction of sp³-hybridized carbons (Fsp3) is 0.290. The number of aromatic nitrogens is 2. The lowest BCUT2D eigenvalue weighted by Gasteiger charge is -2.37. The van der Waals surface area contributed by atoms with Crippen LogP contribution in [0.5, 0.6) is 11.5 Å². The molecule has 0 amide bonds. The Morgan fingerprint density at radius 1 is 0.902 bits per heavy atom.